The van der Waals surface area contributed by atoms with E-state index in [2.05, 4.69) is 29.7 Å². The van der Waals surface area contributed by atoms with Crippen LogP contribution >= 0.6 is 0 Å². The fourth-order valence-corrected chi connectivity index (χ4v) is 3.76. The van der Waals surface area contributed by atoms with E-state index in [1.165, 1.54) is 18.4 Å². The van der Waals surface area contributed by atoms with Gasteiger partial charge in [0.2, 0.25) is 5.91 Å². The molecule has 1 fully saturated rings. The van der Waals surface area contributed by atoms with Crippen LogP contribution in [0.4, 0.5) is 5.69 Å². The molecule has 0 radical (unpaired) electrons. The molecule has 1 unspecified atom stereocenters. The maximum Gasteiger partial charge on any atom is 0.253 e. The lowest BCUT2D eigenvalue weighted by Gasteiger charge is -2.20. The maximum absolute atomic E-state index is 12.7. The van der Waals surface area contributed by atoms with Gasteiger partial charge in [-0.2, -0.15) is 0 Å². The lowest BCUT2D eigenvalue weighted by molar-refractivity contribution is -0.115. The Morgan fingerprint density at radius 2 is 1.59 bits per heavy atom. The fraction of sp³-hybridized carbons (Fsp3) is 0.417. The Morgan fingerprint density at radius 3 is 2.21 bits per heavy atom. The molecule has 1 aliphatic heterocycles. The van der Waals surface area contributed by atoms with Crippen molar-refractivity contribution in [2.45, 2.75) is 45.1 Å². The van der Waals surface area contributed by atoms with Crippen molar-refractivity contribution in [3.05, 3.63) is 65.7 Å². The van der Waals surface area contributed by atoms with E-state index < -0.39 is 0 Å². The zero-order chi connectivity index (χ0) is 20.5. The quantitative estimate of drug-likeness (QED) is 0.734. The molecule has 0 saturated carbocycles. The van der Waals surface area contributed by atoms with Crippen molar-refractivity contribution in [2.24, 2.45) is 0 Å². The van der Waals surface area contributed by atoms with E-state index in [1.807, 2.05) is 23.1 Å². The number of nitrogens with one attached hydrogen (secondary N) is 2. The predicted octanol–water partition coefficient (Wildman–Crippen LogP) is 4.38. The molecule has 2 aromatic carbocycles. The maximum atomic E-state index is 12.7. The van der Waals surface area contributed by atoms with Gasteiger partial charge in [0.1, 0.15) is 0 Å². The van der Waals surface area contributed by atoms with Gasteiger partial charge in [-0.05, 0) is 49.1 Å². The minimum Gasteiger partial charge on any atom is -0.339 e. The van der Waals surface area contributed by atoms with Gasteiger partial charge in [-0.3, -0.25) is 9.59 Å². The van der Waals surface area contributed by atoms with E-state index in [1.54, 1.807) is 24.3 Å². The van der Waals surface area contributed by atoms with Gasteiger partial charge in [0.05, 0.1) is 6.54 Å². The number of benzene rings is 2. The molecule has 29 heavy (non-hydrogen) atoms. The highest BCUT2D eigenvalue weighted by Gasteiger charge is 2.17. The van der Waals surface area contributed by atoms with E-state index in [9.17, 15) is 9.59 Å². The van der Waals surface area contributed by atoms with Crippen LogP contribution in [0.25, 0.3) is 0 Å². The van der Waals surface area contributed by atoms with Crippen molar-refractivity contribution < 1.29 is 9.59 Å². The number of anilines is 1. The number of hydrogen-bond acceptors (Lipinski definition) is 3. The Hall–Kier alpha value is -2.66. The molecular formula is C24H31N3O2. The molecule has 1 aliphatic rings. The summed E-state index contributed by atoms with van der Waals surface area (Å²) in [7, 11) is 0. The van der Waals surface area contributed by atoms with Gasteiger partial charge >= 0.3 is 0 Å². The van der Waals surface area contributed by atoms with Gasteiger partial charge in [-0.1, -0.05) is 50.1 Å². The molecular weight excluding hydrogens is 362 g/mol. The van der Waals surface area contributed by atoms with Crippen LogP contribution in [0.3, 0.4) is 0 Å². The van der Waals surface area contributed by atoms with Gasteiger partial charge < -0.3 is 15.5 Å². The Bertz CT molecular complexity index is 782. The van der Waals surface area contributed by atoms with Crippen LogP contribution in [0.15, 0.2) is 54.6 Å². The topological polar surface area (TPSA) is 61.4 Å². The van der Waals surface area contributed by atoms with Crippen LogP contribution in [-0.4, -0.2) is 36.3 Å². The summed E-state index contributed by atoms with van der Waals surface area (Å²) in [5.41, 5.74) is 2.56. The first-order valence-electron chi connectivity index (χ1n) is 10.6. The molecule has 154 valence electrons. The summed E-state index contributed by atoms with van der Waals surface area (Å²) in [6.45, 7) is 4.01. The first kappa shape index (κ1) is 21.1. The molecule has 1 saturated heterocycles. The third-order valence-corrected chi connectivity index (χ3v) is 5.43. The molecule has 2 aromatic rings. The molecule has 1 heterocycles. The highest BCUT2D eigenvalue weighted by atomic mass is 16.2. The van der Waals surface area contributed by atoms with E-state index in [-0.39, 0.29) is 24.4 Å². The lowest BCUT2D eigenvalue weighted by Crippen LogP contribution is -2.32. The summed E-state index contributed by atoms with van der Waals surface area (Å²) in [5, 5.41) is 6.21. The highest BCUT2D eigenvalue weighted by Crippen LogP contribution is 2.17. The smallest absolute Gasteiger partial charge is 0.253 e. The normalized spacial score (nSPS) is 15.4. The Morgan fingerprint density at radius 1 is 0.931 bits per heavy atom. The lowest BCUT2D eigenvalue weighted by atomic mass is 10.0. The monoisotopic (exact) mass is 393 g/mol. The molecule has 2 amide bonds. The summed E-state index contributed by atoms with van der Waals surface area (Å²) in [6.07, 6.45) is 5.46. The molecule has 0 bridgehead atoms. The third kappa shape index (κ3) is 6.16. The van der Waals surface area contributed by atoms with Crippen molar-refractivity contribution in [3.8, 4) is 0 Å². The van der Waals surface area contributed by atoms with Crippen LogP contribution in [0.1, 0.15) is 61.0 Å². The van der Waals surface area contributed by atoms with Crippen LogP contribution in [-0.2, 0) is 4.79 Å². The van der Waals surface area contributed by atoms with Crippen molar-refractivity contribution >= 4 is 17.5 Å². The molecule has 0 spiro atoms. The average molecular weight is 394 g/mol. The highest BCUT2D eigenvalue weighted by molar-refractivity contribution is 5.96. The van der Waals surface area contributed by atoms with E-state index in [0.29, 0.717) is 11.3 Å². The second kappa shape index (κ2) is 10.8. The van der Waals surface area contributed by atoms with Gasteiger partial charge in [0.25, 0.3) is 5.91 Å². The molecule has 2 N–H and O–H groups in total. The Kier molecular flexibility index (Phi) is 7.82. The number of amides is 2. The van der Waals surface area contributed by atoms with Crippen LogP contribution in [0, 0.1) is 0 Å². The first-order valence-corrected chi connectivity index (χ1v) is 10.6. The molecule has 1 atom stereocenters. The summed E-state index contributed by atoms with van der Waals surface area (Å²) < 4.78 is 0. The molecule has 0 aromatic heterocycles. The van der Waals surface area contributed by atoms with Crippen LogP contribution in [0.5, 0.6) is 0 Å². The number of carbonyl (C=O) groups is 2. The number of likely N-dealkylation sites (tertiary alicyclic amines) is 1. The van der Waals surface area contributed by atoms with Crippen LogP contribution in [0.2, 0.25) is 0 Å². The number of nitrogens with zero attached hydrogens (tertiary/aromatic N) is 1. The van der Waals surface area contributed by atoms with Crippen molar-refractivity contribution in [1.29, 1.82) is 0 Å². The second-order valence-corrected chi connectivity index (χ2v) is 7.58. The summed E-state index contributed by atoms with van der Waals surface area (Å²) in [6, 6.07) is 17.5. The van der Waals surface area contributed by atoms with Gasteiger partial charge in [0, 0.05) is 30.4 Å². The molecule has 3 rings (SSSR count). The minimum absolute atomic E-state index is 0.0834. The number of carbonyl (C=O) groups excluding carboxylic acids is 2. The number of hydrogen-bond donors (Lipinski definition) is 2. The van der Waals surface area contributed by atoms with Gasteiger partial charge in [0.15, 0.2) is 0 Å². The zero-order valence-corrected chi connectivity index (χ0v) is 17.2. The second-order valence-electron chi connectivity index (χ2n) is 7.58. The van der Waals surface area contributed by atoms with Gasteiger partial charge in [-0.25, -0.2) is 0 Å². The Labute approximate surface area is 173 Å². The summed E-state index contributed by atoms with van der Waals surface area (Å²) in [4.78, 5) is 26.9. The third-order valence-electron chi connectivity index (χ3n) is 5.43. The Balaban J connectivity index is 1.51. The minimum atomic E-state index is -0.0917. The number of rotatable bonds is 7. The molecule has 5 nitrogen and oxygen atoms in total. The molecule has 0 aliphatic carbocycles. The largest absolute Gasteiger partial charge is 0.339 e. The SMILES string of the molecule is CCC(NCC(=O)Nc1ccc(C(=O)N2CCCCCC2)cc1)c1ccccc1. The summed E-state index contributed by atoms with van der Waals surface area (Å²) in [5.74, 6) is -0.00827. The van der Waals surface area contributed by atoms with Crippen LogP contribution < -0.4 is 10.6 Å². The zero-order valence-electron chi connectivity index (χ0n) is 17.2. The van der Waals surface area contributed by atoms with Crippen molar-refractivity contribution in [2.75, 3.05) is 25.0 Å². The van der Waals surface area contributed by atoms with Crippen molar-refractivity contribution in [3.63, 3.8) is 0 Å². The van der Waals surface area contributed by atoms with Gasteiger partial charge in [-0.15, -0.1) is 0 Å². The standard InChI is InChI=1S/C24H31N3O2/c1-2-22(19-10-6-5-7-11-19)25-18-23(28)26-21-14-12-20(13-15-21)24(29)27-16-8-3-4-9-17-27/h5-7,10-15,22,25H,2-4,8-9,16-18H2,1H3,(H,26,28). The van der Waals surface area contributed by atoms with Crippen molar-refractivity contribution in [1.82, 2.24) is 10.2 Å². The van der Waals surface area contributed by atoms with E-state index in [0.717, 1.165) is 32.4 Å². The predicted molar refractivity (Wildman–Crippen MR) is 117 cm³/mol. The summed E-state index contributed by atoms with van der Waals surface area (Å²) >= 11 is 0. The molecule has 5 heteroatoms. The first-order chi connectivity index (χ1) is 14.2. The average Bonchev–Trinajstić information content (AvgIpc) is 3.04. The van der Waals surface area contributed by atoms with E-state index >= 15 is 0 Å². The fourth-order valence-electron chi connectivity index (χ4n) is 3.76. The van der Waals surface area contributed by atoms with E-state index in [4.69, 9.17) is 0 Å².